The minimum atomic E-state index is 0.0329. The number of hydrogen-bond donors (Lipinski definition) is 1. The van der Waals surface area contributed by atoms with Gasteiger partial charge in [0.05, 0.1) is 7.11 Å². The first-order valence-electron chi connectivity index (χ1n) is 8.59. The molecule has 136 valence electrons. The monoisotopic (exact) mass is 343 g/mol. The van der Waals surface area contributed by atoms with Crippen LogP contribution in [-0.4, -0.2) is 20.3 Å². The molecule has 25 heavy (non-hydrogen) atoms. The minimum Gasteiger partial charge on any atom is -0.493 e. The fourth-order valence-electron chi connectivity index (χ4n) is 2.63. The van der Waals surface area contributed by atoms with Gasteiger partial charge in [0.1, 0.15) is 19.0 Å². The van der Waals surface area contributed by atoms with Crippen LogP contribution in [0.3, 0.4) is 0 Å². The maximum atomic E-state index is 6.00. The van der Waals surface area contributed by atoms with Crippen LogP contribution in [0, 0.1) is 6.92 Å². The number of ether oxygens (including phenoxy) is 3. The second kappa shape index (κ2) is 8.26. The molecule has 0 saturated carbocycles. The third kappa shape index (κ3) is 5.13. The molecule has 0 spiro atoms. The second-order valence-corrected chi connectivity index (χ2v) is 7.14. The van der Waals surface area contributed by atoms with Crippen molar-refractivity contribution in [2.75, 3.05) is 20.3 Å². The summed E-state index contributed by atoms with van der Waals surface area (Å²) in [5.41, 5.74) is 9.08. The lowest BCUT2D eigenvalue weighted by Gasteiger charge is -2.23. The molecule has 0 aliphatic heterocycles. The van der Waals surface area contributed by atoms with E-state index in [0.29, 0.717) is 31.3 Å². The number of methoxy groups -OCH3 is 1. The molecule has 0 aliphatic carbocycles. The van der Waals surface area contributed by atoms with Crippen LogP contribution < -0.4 is 19.9 Å². The first-order valence-corrected chi connectivity index (χ1v) is 8.59. The Balaban J connectivity index is 1.99. The number of benzene rings is 2. The quantitative estimate of drug-likeness (QED) is 0.765. The fraction of sp³-hybridized carbons (Fsp3) is 0.429. The van der Waals surface area contributed by atoms with Gasteiger partial charge in [-0.2, -0.15) is 0 Å². The summed E-state index contributed by atoms with van der Waals surface area (Å²) < 4.78 is 17.2. The van der Waals surface area contributed by atoms with Crippen LogP contribution in [0.5, 0.6) is 17.2 Å². The Bertz CT molecular complexity index is 705. The van der Waals surface area contributed by atoms with Gasteiger partial charge in [-0.05, 0) is 47.2 Å². The van der Waals surface area contributed by atoms with E-state index in [-0.39, 0.29) is 5.41 Å². The van der Waals surface area contributed by atoms with Crippen molar-refractivity contribution in [1.82, 2.24) is 0 Å². The zero-order valence-electron chi connectivity index (χ0n) is 15.9. The Morgan fingerprint density at radius 1 is 0.880 bits per heavy atom. The molecule has 0 aliphatic rings. The van der Waals surface area contributed by atoms with Crippen molar-refractivity contribution >= 4 is 0 Å². The Morgan fingerprint density at radius 3 is 2.16 bits per heavy atom. The third-order valence-corrected chi connectivity index (χ3v) is 4.01. The molecule has 0 unspecified atom stereocenters. The SMILES string of the molecule is COc1cc(CN)ccc1OCCOc1cc(C)ccc1C(C)(C)C. The smallest absolute Gasteiger partial charge is 0.161 e. The predicted octanol–water partition coefficient (Wildman–Crippen LogP) is 4.22. The van der Waals surface area contributed by atoms with Crippen molar-refractivity contribution in [3.63, 3.8) is 0 Å². The number of hydrogen-bond acceptors (Lipinski definition) is 4. The molecule has 2 aromatic rings. The molecule has 2 aromatic carbocycles. The summed E-state index contributed by atoms with van der Waals surface area (Å²) in [6.07, 6.45) is 0. The van der Waals surface area contributed by atoms with Crippen LogP contribution in [-0.2, 0) is 12.0 Å². The van der Waals surface area contributed by atoms with Gasteiger partial charge in [0.15, 0.2) is 11.5 Å². The van der Waals surface area contributed by atoms with Crippen LogP contribution in [0.15, 0.2) is 36.4 Å². The van der Waals surface area contributed by atoms with Crippen LogP contribution in [0.2, 0.25) is 0 Å². The van der Waals surface area contributed by atoms with Gasteiger partial charge in [0.2, 0.25) is 0 Å². The van der Waals surface area contributed by atoms with Gasteiger partial charge in [-0.25, -0.2) is 0 Å². The van der Waals surface area contributed by atoms with Crippen LogP contribution >= 0.6 is 0 Å². The molecule has 0 atom stereocenters. The highest BCUT2D eigenvalue weighted by Crippen LogP contribution is 2.32. The van der Waals surface area contributed by atoms with Gasteiger partial charge in [-0.3, -0.25) is 0 Å². The maximum absolute atomic E-state index is 6.00. The molecule has 0 heterocycles. The molecule has 0 aromatic heterocycles. The highest BCUT2D eigenvalue weighted by Gasteiger charge is 2.19. The molecular formula is C21H29NO3. The minimum absolute atomic E-state index is 0.0329. The van der Waals surface area contributed by atoms with E-state index in [0.717, 1.165) is 11.3 Å². The first kappa shape index (κ1) is 19.1. The number of aryl methyl sites for hydroxylation is 1. The van der Waals surface area contributed by atoms with Gasteiger partial charge in [-0.15, -0.1) is 0 Å². The van der Waals surface area contributed by atoms with E-state index in [4.69, 9.17) is 19.9 Å². The zero-order valence-corrected chi connectivity index (χ0v) is 15.9. The summed E-state index contributed by atoms with van der Waals surface area (Å²) in [7, 11) is 1.63. The molecule has 4 nitrogen and oxygen atoms in total. The van der Waals surface area contributed by atoms with Gasteiger partial charge in [0.25, 0.3) is 0 Å². The van der Waals surface area contributed by atoms with Gasteiger partial charge in [0, 0.05) is 6.54 Å². The molecule has 0 amide bonds. The molecule has 0 saturated heterocycles. The second-order valence-electron chi connectivity index (χ2n) is 7.14. The largest absolute Gasteiger partial charge is 0.493 e. The van der Waals surface area contributed by atoms with Crippen molar-refractivity contribution in [2.45, 2.75) is 39.7 Å². The Morgan fingerprint density at radius 2 is 1.56 bits per heavy atom. The summed E-state index contributed by atoms with van der Waals surface area (Å²) in [4.78, 5) is 0. The Labute approximate surface area is 150 Å². The predicted molar refractivity (Wildman–Crippen MR) is 102 cm³/mol. The topological polar surface area (TPSA) is 53.7 Å². The van der Waals surface area contributed by atoms with E-state index in [2.05, 4.69) is 45.9 Å². The molecule has 2 N–H and O–H groups in total. The summed E-state index contributed by atoms with van der Waals surface area (Å²) in [5, 5.41) is 0. The van der Waals surface area contributed by atoms with Crippen molar-refractivity contribution in [1.29, 1.82) is 0 Å². The van der Waals surface area contributed by atoms with Crippen molar-refractivity contribution in [2.24, 2.45) is 5.73 Å². The van der Waals surface area contributed by atoms with Crippen molar-refractivity contribution < 1.29 is 14.2 Å². The Kier molecular flexibility index (Phi) is 6.32. The van der Waals surface area contributed by atoms with Crippen LogP contribution in [0.1, 0.15) is 37.5 Å². The van der Waals surface area contributed by atoms with Gasteiger partial charge < -0.3 is 19.9 Å². The maximum Gasteiger partial charge on any atom is 0.161 e. The van der Waals surface area contributed by atoms with Crippen molar-refractivity contribution in [3.8, 4) is 17.2 Å². The summed E-state index contributed by atoms with van der Waals surface area (Å²) in [5.74, 6) is 2.30. The molecule has 4 heteroatoms. The lowest BCUT2D eigenvalue weighted by atomic mass is 9.86. The first-order chi connectivity index (χ1) is 11.8. The standard InChI is InChI=1S/C21H29NO3/c1-15-6-8-17(21(2,3)4)19(12-15)25-11-10-24-18-9-7-16(14-22)13-20(18)23-5/h6-9,12-13H,10-11,14,22H2,1-5H3. The molecule has 2 rings (SSSR count). The van der Waals surface area contributed by atoms with Crippen LogP contribution in [0.25, 0.3) is 0 Å². The average Bonchev–Trinajstić information content (AvgIpc) is 2.57. The highest BCUT2D eigenvalue weighted by molar-refractivity contribution is 5.43. The zero-order chi connectivity index (χ0) is 18.4. The normalized spacial score (nSPS) is 11.3. The van der Waals surface area contributed by atoms with Gasteiger partial charge >= 0.3 is 0 Å². The summed E-state index contributed by atoms with van der Waals surface area (Å²) >= 11 is 0. The number of rotatable bonds is 7. The lowest BCUT2D eigenvalue weighted by molar-refractivity contribution is 0.208. The molecule has 0 fully saturated rings. The molecular weight excluding hydrogens is 314 g/mol. The molecule has 0 bridgehead atoms. The van der Waals surface area contributed by atoms with E-state index in [1.807, 2.05) is 18.2 Å². The van der Waals surface area contributed by atoms with Crippen molar-refractivity contribution in [3.05, 3.63) is 53.1 Å². The number of nitrogens with two attached hydrogens (primary N) is 1. The fourth-order valence-corrected chi connectivity index (χ4v) is 2.63. The third-order valence-electron chi connectivity index (χ3n) is 4.01. The summed E-state index contributed by atoms with van der Waals surface area (Å²) in [6, 6.07) is 12.1. The van der Waals surface area contributed by atoms with Gasteiger partial charge in [-0.1, -0.05) is 39.0 Å². The van der Waals surface area contributed by atoms with E-state index in [1.54, 1.807) is 7.11 Å². The van der Waals surface area contributed by atoms with Crippen LogP contribution in [0.4, 0.5) is 0 Å². The van der Waals surface area contributed by atoms with E-state index in [9.17, 15) is 0 Å². The average molecular weight is 343 g/mol. The lowest BCUT2D eigenvalue weighted by Crippen LogP contribution is -2.16. The van der Waals surface area contributed by atoms with E-state index in [1.165, 1.54) is 11.1 Å². The van der Waals surface area contributed by atoms with E-state index < -0.39 is 0 Å². The molecule has 0 radical (unpaired) electrons. The highest BCUT2D eigenvalue weighted by atomic mass is 16.5. The summed E-state index contributed by atoms with van der Waals surface area (Å²) in [6.45, 7) is 10.0. The Hall–Kier alpha value is -2.20. The van der Waals surface area contributed by atoms with E-state index >= 15 is 0 Å².